The molecule has 0 atom stereocenters. The molecule has 1 aliphatic heterocycles. The Morgan fingerprint density at radius 2 is 1.87 bits per heavy atom. The lowest BCUT2D eigenvalue weighted by Crippen LogP contribution is -2.43. The molecule has 10 nitrogen and oxygen atoms in total. The second-order valence-electron chi connectivity index (χ2n) is 8.14. The molecule has 1 aromatic rings. The van der Waals surface area contributed by atoms with E-state index in [-0.39, 0.29) is 5.91 Å². The van der Waals surface area contributed by atoms with Gasteiger partial charge in [-0.25, -0.2) is 9.59 Å². The monoisotopic (exact) mass is 424 g/mol. The summed E-state index contributed by atoms with van der Waals surface area (Å²) in [5, 5.41) is 19.4. The van der Waals surface area contributed by atoms with Crippen LogP contribution in [0.5, 0.6) is 0 Å². The Hall–Kier alpha value is -2.46. The molecule has 168 valence electrons. The number of carbonyl (C=O) groups is 3. The molecule has 0 radical (unpaired) electrons. The molecule has 2 aliphatic rings. The quantitative estimate of drug-likeness (QED) is 0.614. The molecular weight excluding hydrogens is 392 g/mol. The van der Waals surface area contributed by atoms with Crippen molar-refractivity contribution in [1.29, 1.82) is 0 Å². The number of aromatic nitrogens is 2. The number of carbonyl (C=O) groups excluding carboxylic acids is 1. The maximum Gasteiger partial charge on any atom is 0.414 e. The molecule has 1 amide bonds. The Kier molecular flexibility index (Phi) is 8.36. The zero-order valence-corrected chi connectivity index (χ0v) is 18.1. The third-order valence-electron chi connectivity index (χ3n) is 5.42. The van der Waals surface area contributed by atoms with Gasteiger partial charge in [0.25, 0.3) is 0 Å². The fourth-order valence-corrected chi connectivity index (χ4v) is 3.10. The van der Waals surface area contributed by atoms with Crippen molar-refractivity contribution in [2.24, 2.45) is 13.0 Å². The van der Waals surface area contributed by atoms with Crippen molar-refractivity contribution in [3.63, 3.8) is 0 Å². The number of likely N-dealkylation sites (N-methyl/N-ethyl adjacent to an activating group) is 1. The molecule has 2 heterocycles. The lowest BCUT2D eigenvalue weighted by molar-refractivity contribution is -0.159. The van der Waals surface area contributed by atoms with Crippen LogP contribution < -0.4 is 0 Å². The molecule has 0 aromatic carbocycles. The summed E-state index contributed by atoms with van der Waals surface area (Å²) in [7, 11) is 3.99. The van der Waals surface area contributed by atoms with Crippen molar-refractivity contribution in [2.75, 3.05) is 26.7 Å². The molecule has 10 heteroatoms. The number of aryl methyl sites for hydroxylation is 1. The average molecular weight is 424 g/mol. The summed E-state index contributed by atoms with van der Waals surface area (Å²) in [6, 6.07) is 0.374. The fourth-order valence-electron chi connectivity index (χ4n) is 3.10. The molecule has 0 saturated heterocycles. The second kappa shape index (κ2) is 10.5. The van der Waals surface area contributed by atoms with Crippen molar-refractivity contribution in [2.45, 2.75) is 52.3 Å². The number of ether oxygens (including phenoxy) is 1. The number of carboxylic acid groups (broad SMARTS) is 2. The lowest BCUT2D eigenvalue weighted by atomic mass is 10.1. The predicted octanol–water partition coefficient (Wildman–Crippen LogP) is 0.727. The molecule has 30 heavy (non-hydrogen) atoms. The van der Waals surface area contributed by atoms with E-state index in [0.29, 0.717) is 25.7 Å². The van der Waals surface area contributed by atoms with E-state index in [0.717, 1.165) is 31.2 Å². The maximum atomic E-state index is 12.6. The Morgan fingerprint density at radius 1 is 1.23 bits per heavy atom. The highest BCUT2D eigenvalue weighted by Crippen LogP contribution is 2.29. The van der Waals surface area contributed by atoms with Crippen LogP contribution in [0.1, 0.15) is 43.6 Å². The number of amides is 1. The van der Waals surface area contributed by atoms with Crippen molar-refractivity contribution >= 4 is 17.8 Å². The van der Waals surface area contributed by atoms with Crippen LogP contribution in [-0.2, 0) is 45.7 Å². The number of aliphatic carboxylic acids is 2. The zero-order chi connectivity index (χ0) is 22.4. The summed E-state index contributed by atoms with van der Waals surface area (Å²) in [4.78, 5) is 34.8. The minimum Gasteiger partial charge on any atom is -0.473 e. The first-order chi connectivity index (χ1) is 14.1. The van der Waals surface area contributed by atoms with Gasteiger partial charge in [-0.05, 0) is 39.7 Å². The van der Waals surface area contributed by atoms with Crippen LogP contribution in [0.25, 0.3) is 0 Å². The zero-order valence-electron chi connectivity index (χ0n) is 18.1. The highest BCUT2D eigenvalue weighted by molar-refractivity contribution is 6.27. The van der Waals surface area contributed by atoms with Crippen molar-refractivity contribution in [1.82, 2.24) is 19.6 Å². The van der Waals surface area contributed by atoms with Gasteiger partial charge in [-0.1, -0.05) is 0 Å². The van der Waals surface area contributed by atoms with Gasteiger partial charge in [-0.15, -0.1) is 0 Å². The molecule has 1 saturated carbocycles. The van der Waals surface area contributed by atoms with Gasteiger partial charge >= 0.3 is 11.9 Å². The molecule has 2 N–H and O–H groups in total. The number of carboxylic acids is 2. The lowest BCUT2D eigenvalue weighted by Gasteiger charge is -2.30. The van der Waals surface area contributed by atoms with E-state index in [4.69, 9.17) is 24.5 Å². The summed E-state index contributed by atoms with van der Waals surface area (Å²) in [5.74, 6) is -2.69. The van der Waals surface area contributed by atoms with Gasteiger partial charge in [0.15, 0.2) is 0 Å². The Balaban J connectivity index is 0.000000469. The molecule has 1 aromatic heterocycles. The van der Waals surface area contributed by atoms with Crippen molar-refractivity contribution in [3.8, 4) is 0 Å². The van der Waals surface area contributed by atoms with E-state index in [2.05, 4.69) is 23.8 Å². The molecular formula is C20H32N4O6. The second-order valence-corrected chi connectivity index (χ2v) is 8.14. The minimum atomic E-state index is -1.82. The van der Waals surface area contributed by atoms with Gasteiger partial charge in [0.1, 0.15) is 0 Å². The molecule has 1 aliphatic carbocycles. The van der Waals surface area contributed by atoms with Gasteiger partial charge in [-0.2, -0.15) is 5.10 Å². The smallest absolute Gasteiger partial charge is 0.414 e. The van der Waals surface area contributed by atoms with Gasteiger partial charge < -0.3 is 19.8 Å². The normalized spacial score (nSPS) is 15.6. The number of rotatable bonds is 7. The third-order valence-corrected chi connectivity index (χ3v) is 5.42. The Bertz CT molecular complexity index is 760. The molecule has 1 fully saturated rings. The number of nitrogens with zero attached hydrogens (tertiary/aromatic N) is 4. The van der Waals surface area contributed by atoms with Crippen LogP contribution in [0, 0.1) is 5.92 Å². The van der Waals surface area contributed by atoms with Crippen LogP contribution in [0.2, 0.25) is 0 Å². The summed E-state index contributed by atoms with van der Waals surface area (Å²) in [5.41, 5.74) is 3.45. The van der Waals surface area contributed by atoms with E-state index >= 15 is 0 Å². The third kappa shape index (κ3) is 6.81. The van der Waals surface area contributed by atoms with E-state index in [1.807, 2.05) is 23.7 Å². The highest BCUT2D eigenvalue weighted by atomic mass is 16.5. The van der Waals surface area contributed by atoms with Gasteiger partial charge in [0, 0.05) is 50.5 Å². The first-order valence-corrected chi connectivity index (χ1v) is 10.2. The van der Waals surface area contributed by atoms with Gasteiger partial charge in [-0.3, -0.25) is 14.4 Å². The predicted molar refractivity (Wildman–Crippen MR) is 108 cm³/mol. The topological polar surface area (TPSA) is 125 Å². The van der Waals surface area contributed by atoms with Crippen LogP contribution in [0.4, 0.5) is 0 Å². The summed E-state index contributed by atoms with van der Waals surface area (Å²) >= 11 is 0. The molecule has 0 bridgehead atoms. The number of hydrogen-bond acceptors (Lipinski definition) is 6. The summed E-state index contributed by atoms with van der Waals surface area (Å²) in [6.07, 6.45) is 3.47. The first-order valence-electron chi connectivity index (χ1n) is 10.2. The van der Waals surface area contributed by atoms with Crippen molar-refractivity contribution < 1.29 is 29.3 Å². The standard InChI is InChI=1S/C18H30N4O2.C2H2O4/c1-13(2)20(3)10-18(23)22-8-7-17-15(9-22)16(19-21(17)4)12-24-11-14-5-6-14;3-1(4)2(5)6/h13-14H,5-12H2,1-4H3;(H,3,4)(H,5,6). The van der Waals surface area contributed by atoms with E-state index in [1.54, 1.807) is 0 Å². The van der Waals surface area contributed by atoms with Gasteiger partial charge in [0.05, 0.1) is 18.8 Å². The van der Waals surface area contributed by atoms with Crippen LogP contribution in [0.15, 0.2) is 0 Å². The summed E-state index contributed by atoms with van der Waals surface area (Å²) in [6.45, 7) is 7.54. The van der Waals surface area contributed by atoms with Crippen LogP contribution in [-0.4, -0.2) is 80.4 Å². The molecule has 0 spiro atoms. The van der Waals surface area contributed by atoms with Crippen LogP contribution in [0.3, 0.4) is 0 Å². The summed E-state index contributed by atoms with van der Waals surface area (Å²) < 4.78 is 7.79. The van der Waals surface area contributed by atoms with E-state index < -0.39 is 11.9 Å². The largest absolute Gasteiger partial charge is 0.473 e. The molecule has 3 rings (SSSR count). The van der Waals surface area contributed by atoms with Crippen molar-refractivity contribution in [3.05, 3.63) is 17.0 Å². The first kappa shape index (κ1) is 23.8. The van der Waals surface area contributed by atoms with E-state index in [1.165, 1.54) is 24.1 Å². The number of fused-ring (bicyclic) bond motifs is 1. The average Bonchev–Trinajstić information content (AvgIpc) is 3.45. The SMILES string of the molecule is CC(C)N(C)CC(=O)N1CCc2c(c(COCC3CC3)nn2C)C1.O=C(O)C(=O)O. The number of hydrogen-bond donors (Lipinski definition) is 2. The van der Waals surface area contributed by atoms with E-state index in [9.17, 15) is 4.79 Å². The highest BCUT2D eigenvalue weighted by Gasteiger charge is 2.28. The minimum absolute atomic E-state index is 0.200. The maximum absolute atomic E-state index is 12.6. The van der Waals surface area contributed by atoms with Crippen LogP contribution >= 0.6 is 0 Å². The Morgan fingerprint density at radius 3 is 2.40 bits per heavy atom. The fraction of sp³-hybridized carbons (Fsp3) is 0.700. The molecule has 0 unspecified atom stereocenters. The Labute approximate surface area is 176 Å². The van der Waals surface area contributed by atoms with Gasteiger partial charge in [0.2, 0.25) is 5.91 Å².